The molecule has 0 unspecified atom stereocenters. The molecule has 1 amide bonds. The standard InChI is InChI=1S/C20H17ClF2N10O3.C2HF3O2/c21-16-9-26-18(27-11-20(22,23)15-5-1-2-7-33(15)36)19(35)31(16)10-17(34)25-8-13-14(4-3-6-24-13)32-12-28-29-30-32;3-2(4,5)1(6)7/h1-7,9,12H,8,10-11H2,(H,25,34)(H,26,27);(H,6,7). The van der Waals surface area contributed by atoms with Crippen molar-refractivity contribution in [1.29, 1.82) is 0 Å². The Hall–Kier alpha value is -5.27. The highest BCUT2D eigenvalue weighted by Gasteiger charge is 2.39. The molecule has 0 saturated carbocycles. The van der Waals surface area contributed by atoms with Crippen molar-refractivity contribution in [1.82, 2.24) is 40.1 Å². The van der Waals surface area contributed by atoms with Gasteiger partial charge in [-0.2, -0.15) is 31.4 Å². The molecule has 4 rings (SSSR count). The van der Waals surface area contributed by atoms with Gasteiger partial charge in [-0.15, -0.1) is 5.10 Å². The molecular weight excluding hydrogens is 615 g/mol. The van der Waals surface area contributed by atoms with E-state index in [4.69, 9.17) is 21.5 Å². The van der Waals surface area contributed by atoms with Crippen molar-refractivity contribution in [2.24, 2.45) is 0 Å². The fourth-order valence-electron chi connectivity index (χ4n) is 3.16. The number of carboxylic acids is 1. The molecule has 0 spiro atoms. The number of hydrogen-bond acceptors (Lipinski definition) is 10. The van der Waals surface area contributed by atoms with Crippen LogP contribution in [0.2, 0.25) is 5.15 Å². The summed E-state index contributed by atoms with van der Waals surface area (Å²) >= 11 is 6.02. The third kappa shape index (κ3) is 8.61. The Kier molecular flexibility index (Phi) is 10.2. The Balaban J connectivity index is 0.000000646. The molecule has 0 bridgehead atoms. The molecule has 4 aromatic heterocycles. The smallest absolute Gasteiger partial charge is 0.490 e. The number of carbonyl (C=O) groups is 2. The minimum absolute atomic E-state index is 0.0179. The molecule has 0 radical (unpaired) electrons. The van der Waals surface area contributed by atoms with Crippen LogP contribution in [-0.2, 0) is 28.6 Å². The number of aliphatic carboxylic acids is 1. The summed E-state index contributed by atoms with van der Waals surface area (Å²) in [5.41, 5.74) is -0.718. The summed E-state index contributed by atoms with van der Waals surface area (Å²) in [5.74, 6) is -7.44. The van der Waals surface area contributed by atoms with E-state index in [0.717, 1.165) is 23.0 Å². The quantitative estimate of drug-likeness (QED) is 0.135. The van der Waals surface area contributed by atoms with Crippen molar-refractivity contribution >= 4 is 29.3 Å². The number of pyridine rings is 2. The molecule has 228 valence electrons. The van der Waals surface area contributed by atoms with Gasteiger partial charge >= 0.3 is 18.1 Å². The fourth-order valence-corrected chi connectivity index (χ4v) is 3.35. The first-order valence-corrected chi connectivity index (χ1v) is 11.9. The van der Waals surface area contributed by atoms with Gasteiger partial charge in [-0.25, -0.2) is 9.78 Å². The molecule has 0 fully saturated rings. The van der Waals surface area contributed by atoms with Gasteiger partial charge in [0.2, 0.25) is 5.91 Å². The fraction of sp³-hybridized carbons (Fsp3) is 0.227. The number of alkyl halides is 5. The molecule has 15 nitrogen and oxygen atoms in total. The SMILES string of the molecule is O=C(Cn1c(Cl)cnc(NCC(F)(F)c2cccc[n+]2[O-])c1=O)NCc1ncccc1-n1cnnn1.O=C(O)C(F)(F)F. The number of anilines is 1. The first-order valence-electron chi connectivity index (χ1n) is 11.5. The van der Waals surface area contributed by atoms with Gasteiger partial charge in [0.25, 0.3) is 11.3 Å². The van der Waals surface area contributed by atoms with Crippen molar-refractivity contribution < 1.29 is 41.4 Å². The van der Waals surface area contributed by atoms with Gasteiger partial charge in [-0.05, 0) is 28.6 Å². The van der Waals surface area contributed by atoms with Crippen LogP contribution in [0, 0.1) is 5.21 Å². The monoisotopic (exact) mass is 632 g/mol. The molecule has 0 atom stereocenters. The van der Waals surface area contributed by atoms with E-state index in [2.05, 4.69) is 36.1 Å². The number of tetrazole rings is 1. The molecule has 0 saturated heterocycles. The summed E-state index contributed by atoms with van der Waals surface area (Å²) in [6.45, 7) is -1.62. The minimum atomic E-state index is -5.08. The largest absolute Gasteiger partial charge is 0.618 e. The number of halogens is 6. The van der Waals surface area contributed by atoms with Crippen LogP contribution in [0.4, 0.5) is 27.8 Å². The Morgan fingerprint density at radius 2 is 1.84 bits per heavy atom. The Bertz CT molecular complexity index is 1640. The third-order valence-electron chi connectivity index (χ3n) is 5.14. The molecule has 3 N–H and O–H groups in total. The molecule has 0 aliphatic carbocycles. The van der Waals surface area contributed by atoms with Gasteiger partial charge in [0, 0.05) is 18.3 Å². The predicted octanol–water partition coefficient (Wildman–Crippen LogP) is 1.05. The Labute approximate surface area is 241 Å². The highest BCUT2D eigenvalue weighted by Crippen LogP contribution is 2.25. The summed E-state index contributed by atoms with van der Waals surface area (Å²) in [5, 5.41) is 34.4. The zero-order valence-electron chi connectivity index (χ0n) is 21.2. The van der Waals surface area contributed by atoms with E-state index in [-0.39, 0.29) is 16.4 Å². The van der Waals surface area contributed by atoms with Crippen molar-refractivity contribution in [3.05, 3.63) is 87.4 Å². The Morgan fingerprint density at radius 1 is 1.12 bits per heavy atom. The zero-order chi connectivity index (χ0) is 31.8. The number of rotatable bonds is 9. The second-order valence-electron chi connectivity index (χ2n) is 8.09. The molecule has 43 heavy (non-hydrogen) atoms. The molecular formula is C22H18ClF5N10O5. The van der Waals surface area contributed by atoms with Crippen molar-refractivity contribution in [2.75, 3.05) is 11.9 Å². The van der Waals surface area contributed by atoms with E-state index in [1.165, 1.54) is 29.3 Å². The van der Waals surface area contributed by atoms with E-state index in [1.807, 2.05) is 0 Å². The molecule has 0 aliphatic rings. The number of amides is 1. The maximum atomic E-state index is 14.5. The lowest BCUT2D eigenvalue weighted by Crippen LogP contribution is -2.41. The second kappa shape index (κ2) is 13.6. The minimum Gasteiger partial charge on any atom is -0.618 e. The van der Waals surface area contributed by atoms with Crippen LogP contribution in [0.5, 0.6) is 0 Å². The van der Waals surface area contributed by atoms with Gasteiger partial charge in [0.15, 0.2) is 12.0 Å². The summed E-state index contributed by atoms with van der Waals surface area (Å²) in [6.07, 6.45) is -0.212. The lowest BCUT2D eigenvalue weighted by molar-refractivity contribution is -0.624. The number of hydrogen-bond donors (Lipinski definition) is 3. The van der Waals surface area contributed by atoms with Gasteiger partial charge in [0.1, 0.15) is 18.0 Å². The van der Waals surface area contributed by atoms with Crippen LogP contribution < -0.4 is 20.9 Å². The topological polar surface area (TPSA) is 197 Å². The normalized spacial score (nSPS) is 11.3. The molecule has 0 aromatic carbocycles. The maximum Gasteiger partial charge on any atom is 0.490 e. The summed E-state index contributed by atoms with van der Waals surface area (Å²) < 4.78 is 63.0. The first kappa shape index (κ1) is 32.2. The average Bonchev–Trinajstić information content (AvgIpc) is 3.49. The highest BCUT2D eigenvalue weighted by atomic mass is 35.5. The van der Waals surface area contributed by atoms with E-state index in [9.17, 15) is 36.7 Å². The molecule has 4 heterocycles. The van der Waals surface area contributed by atoms with Gasteiger partial charge in [-0.3, -0.25) is 19.1 Å². The van der Waals surface area contributed by atoms with E-state index in [1.54, 1.807) is 12.1 Å². The number of carboxylic acid groups (broad SMARTS) is 1. The first-order chi connectivity index (χ1) is 20.2. The van der Waals surface area contributed by atoms with E-state index < -0.39 is 54.1 Å². The number of aromatic nitrogens is 8. The maximum absolute atomic E-state index is 14.5. The van der Waals surface area contributed by atoms with Crippen LogP contribution >= 0.6 is 11.6 Å². The number of carbonyl (C=O) groups excluding carboxylic acids is 1. The van der Waals surface area contributed by atoms with Gasteiger partial charge < -0.3 is 20.9 Å². The average molecular weight is 633 g/mol. The lowest BCUT2D eigenvalue weighted by Gasteiger charge is -2.17. The van der Waals surface area contributed by atoms with Crippen LogP contribution in [0.15, 0.2) is 60.0 Å². The van der Waals surface area contributed by atoms with Crippen molar-refractivity contribution in [3.63, 3.8) is 0 Å². The second-order valence-corrected chi connectivity index (χ2v) is 8.48. The number of nitrogens with zero attached hydrogens (tertiary/aromatic N) is 8. The molecule has 4 aromatic rings. The Morgan fingerprint density at radius 3 is 2.47 bits per heavy atom. The predicted molar refractivity (Wildman–Crippen MR) is 134 cm³/mol. The summed E-state index contributed by atoms with van der Waals surface area (Å²) in [4.78, 5) is 42.1. The lowest BCUT2D eigenvalue weighted by atomic mass is 10.2. The molecule has 0 aliphatic heterocycles. The van der Waals surface area contributed by atoms with Crippen LogP contribution in [0.1, 0.15) is 11.4 Å². The van der Waals surface area contributed by atoms with Crippen LogP contribution in [-0.4, -0.2) is 64.4 Å². The number of nitrogens with one attached hydrogen (secondary N) is 2. The van der Waals surface area contributed by atoms with E-state index in [0.29, 0.717) is 11.4 Å². The summed E-state index contributed by atoms with van der Waals surface area (Å²) in [6, 6.07) is 6.95. The van der Waals surface area contributed by atoms with Crippen molar-refractivity contribution in [2.45, 2.75) is 25.2 Å². The zero-order valence-corrected chi connectivity index (χ0v) is 22.0. The summed E-state index contributed by atoms with van der Waals surface area (Å²) in [7, 11) is 0. The molecule has 21 heteroatoms. The van der Waals surface area contributed by atoms with Gasteiger partial charge in [0.05, 0.1) is 30.7 Å². The van der Waals surface area contributed by atoms with E-state index >= 15 is 0 Å². The van der Waals surface area contributed by atoms with Crippen molar-refractivity contribution in [3.8, 4) is 5.69 Å². The van der Waals surface area contributed by atoms with Crippen LogP contribution in [0.3, 0.4) is 0 Å². The highest BCUT2D eigenvalue weighted by molar-refractivity contribution is 6.29. The van der Waals surface area contributed by atoms with Gasteiger partial charge in [-0.1, -0.05) is 11.6 Å². The third-order valence-corrected chi connectivity index (χ3v) is 5.44. The van der Waals surface area contributed by atoms with Crippen LogP contribution in [0.25, 0.3) is 5.69 Å².